The molecule has 0 bridgehead atoms. The summed E-state index contributed by atoms with van der Waals surface area (Å²) in [6.07, 6.45) is 4.65. The highest BCUT2D eigenvalue weighted by atomic mass is 35.5. The second-order valence-corrected chi connectivity index (χ2v) is 10.5. The van der Waals surface area contributed by atoms with Crippen molar-refractivity contribution in [3.63, 3.8) is 0 Å². The lowest BCUT2D eigenvalue weighted by Gasteiger charge is -2.38. The molecule has 2 aromatic heterocycles. The van der Waals surface area contributed by atoms with Gasteiger partial charge in [0.1, 0.15) is 0 Å². The highest BCUT2D eigenvalue weighted by Gasteiger charge is 2.36. The van der Waals surface area contributed by atoms with Gasteiger partial charge in [0.2, 0.25) is 5.82 Å². The standard InChI is InChI=1S/C28H27N3O3S.ClH/c1-16-11-19(6-7-23(16)20-9-10-35-15-20)27-30-26(31-34-27)18-5-8-24-17(12-18)3-2-4-25(24)29-22-13-21(14-22)28(32)33;/h5-12,15,21-22,25,29H,2-4,13-14H2,1H3,(H,32,33);1H. The van der Waals surface area contributed by atoms with Crippen LogP contribution in [0.2, 0.25) is 0 Å². The molecule has 0 aliphatic heterocycles. The molecule has 4 aromatic rings. The van der Waals surface area contributed by atoms with E-state index in [-0.39, 0.29) is 24.4 Å². The predicted molar refractivity (Wildman–Crippen MR) is 143 cm³/mol. The summed E-state index contributed by atoms with van der Waals surface area (Å²) >= 11 is 1.70. The Hall–Kier alpha value is -3.00. The summed E-state index contributed by atoms with van der Waals surface area (Å²) in [5.74, 6) is 0.252. The number of nitrogens with one attached hydrogen (secondary N) is 1. The van der Waals surface area contributed by atoms with Gasteiger partial charge in [-0.1, -0.05) is 23.4 Å². The van der Waals surface area contributed by atoms with Crippen LogP contribution in [0, 0.1) is 12.8 Å². The number of benzene rings is 2. The van der Waals surface area contributed by atoms with Gasteiger partial charge in [-0.25, -0.2) is 0 Å². The number of carboxylic acid groups (broad SMARTS) is 1. The van der Waals surface area contributed by atoms with Crippen LogP contribution in [-0.4, -0.2) is 27.3 Å². The molecule has 186 valence electrons. The Morgan fingerprint density at radius 1 is 1.11 bits per heavy atom. The minimum atomic E-state index is -0.676. The van der Waals surface area contributed by atoms with Gasteiger partial charge < -0.3 is 14.9 Å². The zero-order chi connectivity index (χ0) is 23.9. The number of aromatic nitrogens is 2. The fourth-order valence-electron chi connectivity index (χ4n) is 5.36. The average molecular weight is 522 g/mol. The summed E-state index contributed by atoms with van der Waals surface area (Å²) in [7, 11) is 0. The minimum absolute atomic E-state index is 0. The van der Waals surface area contributed by atoms with Crippen LogP contribution in [0.25, 0.3) is 34.0 Å². The zero-order valence-electron chi connectivity index (χ0n) is 19.9. The van der Waals surface area contributed by atoms with Crippen LogP contribution < -0.4 is 5.32 Å². The van der Waals surface area contributed by atoms with Gasteiger partial charge in [-0.15, -0.1) is 12.4 Å². The zero-order valence-corrected chi connectivity index (χ0v) is 21.6. The van der Waals surface area contributed by atoms with E-state index in [9.17, 15) is 4.79 Å². The van der Waals surface area contributed by atoms with Gasteiger partial charge in [0, 0.05) is 23.2 Å². The summed E-state index contributed by atoms with van der Waals surface area (Å²) < 4.78 is 5.64. The van der Waals surface area contributed by atoms with Gasteiger partial charge in [-0.3, -0.25) is 4.79 Å². The number of aliphatic carboxylic acids is 1. The lowest BCUT2D eigenvalue weighted by atomic mass is 9.78. The molecule has 1 atom stereocenters. The SMILES string of the molecule is Cc1cc(-c2nc(-c3ccc4c(c3)CCCC4NC3CC(C(=O)O)C3)no2)ccc1-c1ccsc1.Cl. The number of thiophene rings is 1. The number of aryl methyl sites for hydroxylation is 2. The van der Waals surface area contributed by atoms with Crippen molar-refractivity contribution in [2.45, 2.75) is 51.1 Å². The third-order valence-electron chi connectivity index (χ3n) is 7.37. The maximum absolute atomic E-state index is 11.1. The third kappa shape index (κ3) is 4.71. The minimum Gasteiger partial charge on any atom is -0.481 e. The number of nitrogens with zero attached hydrogens (tertiary/aromatic N) is 2. The summed E-state index contributed by atoms with van der Waals surface area (Å²) in [5.41, 5.74) is 8.11. The van der Waals surface area contributed by atoms with E-state index >= 15 is 0 Å². The van der Waals surface area contributed by atoms with E-state index in [1.54, 1.807) is 11.3 Å². The molecule has 2 aliphatic rings. The molecular formula is C28H28ClN3O3S. The van der Waals surface area contributed by atoms with Crippen LogP contribution in [0.4, 0.5) is 0 Å². The van der Waals surface area contributed by atoms with Crippen LogP contribution in [0.1, 0.15) is 48.4 Å². The molecule has 1 fully saturated rings. The number of hydrogen-bond donors (Lipinski definition) is 2. The number of carboxylic acids is 1. The van der Waals surface area contributed by atoms with Crippen LogP contribution in [-0.2, 0) is 11.2 Å². The van der Waals surface area contributed by atoms with Gasteiger partial charge >= 0.3 is 5.97 Å². The van der Waals surface area contributed by atoms with Crippen LogP contribution in [0.3, 0.4) is 0 Å². The fourth-order valence-corrected chi connectivity index (χ4v) is 6.02. The molecule has 36 heavy (non-hydrogen) atoms. The van der Waals surface area contributed by atoms with Crippen LogP contribution in [0.15, 0.2) is 57.7 Å². The smallest absolute Gasteiger partial charge is 0.306 e. The van der Waals surface area contributed by atoms with Crippen molar-refractivity contribution in [3.8, 4) is 34.0 Å². The quantitative estimate of drug-likeness (QED) is 0.294. The van der Waals surface area contributed by atoms with E-state index in [2.05, 4.69) is 64.6 Å². The summed E-state index contributed by atoms with van der Waals surface area (Å²) in [6, 6.07) is 15.4. The molecule has 0 radical (unpaired) electrons. The Morgan fingerprint density at radius 3 is 2.69 bits per heavy atom. The average Bonchev–Trinajstić information content (AvgIpc) is 3.53. The summed E-state index contributed by atoms with van der Waals surface area (Å²) in [6.45, 7) is 2.10. The van der Waals surface area contributed by atoms with E-state index in [1.807, 2.05) is 6.07 Å². The van der Waals surface area contributed by atoms with Gasteiger partial charge in [0.05, 0.1) is 5.92 Å². The Kier molecular flexibility index (Phi) is 6.97. The first-order valence-electron chi connectivity index (χ1n) is 12.1. The molecule has 2 aromatic carbocycles. The van der Waals surface area contributed by atoms with Gasteiger partial charge in [-0.2, -0.15) is 16.3 Å². The summed E-state index contributed by atoms with van der Waals surface area (Å²) in [5, 5.41) is 21.4. The maximum atomic E-state index is 11.1. The molecule has 6 rings (SSSR count). The molecule has 1 saturated carbocycles. The third-order valence-corrected chi connectivity index (χ3v) is 8.05. The van der Waals surface area contributed by atoms with Crippen LogP contribution in [0.5, 0.6) is 0 Å². The van der Waals surface area contributed by atoms with Crippen molar-refractivity contribution >= 4 is 29.7 Å². The topological polar surface area (TPSA) is 88.2 Å². The number of hydrogen-bond acceptors (Lipinski definition) is 6. The lowest BCUT2D eigenvalue weighted by molar-refractivity contribution is -0.145. The Bertz CT molecular complexity index is 1380. The van der Waals surface area contributed by atoms with Crippen molar-refractivity contribution in [2.24, 2.45) is 5.92 Å². The normalized spacial score (nSPS) is 20.8. The van der Waals surface area contributed by atoms with Crippen molar-refractivity contribution in [1.82, 2.24) is 15.5 Å². The monoisotopic (exact) mass is 521 g/mol. The summed E-state index contributed by atoms with van der Waals surface area (Å²) in [4.78, 5) is 15.8. The molecular weight excluding hydrogens is 494 g/mol. The van der Waals surface area contributed by atoms with E-state index in [0.717, 1.165) is 43.2 Å². The number of rotatable bonds is 6. The van der Waals surface area contributed by atoms with Crippen molar-refractivity contribution in [1.29, 1.82) is 0 Å². The molecule has 8 heteroatoms. The molecule has 1 unspecified atom stereocenters. The fraction of sp³-hybridized carbons (Fsp3) is 0.321. The van der Waals surface area contributed by atoms with Crippen molar-refractivity contribution in [2.75, 3.05) is 0 Å². The molecule has 2 N–H and O–H groups in total. The first kappa shape index (κ1) is 24.7. The maximum Gasteiger partial charge on any atom is 0.306 e. The highest BCUT2D eigenvalue weighted by molar-refractivity contribution is 7.08. The van der Waals surface area contributed by atoms with E-state index in [0.29, 0.717) is 17.8 Å². The lowest BCUT2D eigenvalue weighted by Crippen LogP contribution is -2.46. The van der Waals surface area contributed by atoms with Crippen molar-refractivity contribution in [3.05, 3.63) is 69.9 Å². The first-order chi connectivity index (χ1) is 17.0. The van der Waals surface area contributed by atoms with Gasteiger partial charge in [0.25, 0.3) is 5.89 Å². The number of fused-ring (bicyclic) bond motifs is 1. The highest BCUT2D eigenvalue weighted by Crippen LogP contribution is 2.36. The van der Waals surface area contributed by atoms with Gasteiger partial charge in [-0.05, 0) is 102 Å². The molecule has 0 saturated heterocycles. The Morgan fingerprint density at radius 2 is 1.94 bits per heavy atom. The molecule has 0 amide bonds. The van der Waals surface area contributed by atoms with Crippen LogP contribution >= 0.6 is 23.7 Å². The number of carbonyl (C=O) groups is 1. The largest absolute Gasteiger partial charge is 0.481 e. The number of halogens is 1. The van der Waals surface area contributed by atoms with Gasteiger partial charge in [0.15, 0.2) is 0 Å². The Balaban J connectivity index is 0.00000267. The Labute approximate surface area is 220 Å². The van der Waals surface area contributed by atoms with E-state index in [1.165, 1.54) is 27.8 Å². The van der Waals surface area contributed by atoms with E-state index < -0.39 is 5.97 Å². The molecule has 2 aliphatic carbocycles. The van der Waals surface area contributed by atoms with E-state index in [4.69, 9.17) is 14.6 Å². The molecule has 0 spiro atoms. The molecule has 6 nitrogen and oxygen atoms in total. The predicted octanol–water partition coefficient (Wildman–Crippen LogP) is 6.69. The second kappa shape index (κ2) is 10.2. The first-order valence-corrected chi connectivity index (χ1v) is 13.1. The second-order valence-electron chi connectivity index (χ2n) is 9.69. The van der Waals surface area contributed by atoms with Crippen molar-refractivity contribution < 1.29 is 14.4 Å². The molecule has 2 heterocycles.